The van der Waals surface area contributed by atoms with Gasteiger partial charge in [0.2, 0.25) is 5.91 Å². The summed E-state index contributed by atoms with van der Waals surface area (Å²) in [5, 5.41) is 10.9. The van der Waals surface area contributed by atoms with E-state index in [2.05, 4.69) is 4.98 Å². The van der Waals surface area contributed by atoms with E-state index >= 15 is 0 Å². The summed E-state index contributed by atoms with van der Waals surface area (Å²) in [4.78, 5) is 18.6. The minimum absolute atomic E-state index is 0.0223. The van der Waals surface area contributed by atoms with Gasteiger partial charge in [0.05, 0.1) is 25.1 Å². The van der Waals surface area contributed by atoms with Crippen molar-refractivity contribution in [3.8, 4) is 5.75 Å². The molecule has 5 nitrogen and oxygen atoms in total. The van der Waals surface area contributed by atoms with Crippen molar-refractivity contribution in [1.82, 2.24) is 9.88 Å². The summed E-state index contributed by atoms with van der Waals surface area (Å²) in [6, 6.07) is 5.80. The molecule has 0 aliphatic carbocycles. The van der Waals surface area contributed by atoms with Crippen molar-refractivity contribution >= 4 is 5.91 Å². The van der Waals surface area contributed by atoms with Gasteiger partial charge < -0.3 is 14.7 Å². The van der Waals surface area contributed by atoms with Crippen LogP contribution in [0, 0.1) is 0 Å². The number of carbonyl (C=O) groups excluding carboxylic acids is 1. The molecule has 29 heavy (non-hydrogen) atoms. The summed E-state index contributed by atoms with van der Waals surface area (Å²) >= 11 is 0. The fourth-order valence-corrected chi connectivity index (χ4v) is 3.69. The Hall–Kier alpha value is -2.61. The number of hydrogen-bond acceptors (Lipinski definition) is 4. The molecule has 2 heterocycles. The molecule has 2 aromatic rings. The van der Waals surface area contributed by atoms with Crippen LogP contribution in [0.5, 0.6) is 5.75 Å². The molecule has 1 N–H and O–H groups in total. The lowest BCUT2D eigenvalue weighted by atomic mass is 9.92. The minimum Gasteiger partial charge on any atom is -0.496 e. The van der Waals surface area contributed by atoms with Gasteiger partial charge in [-0.25, -0.2) is 0 Å². The normalized spacial score (nSPS) is 18.4. The second kappa shape index (κ2) is 8.82. The molecule has 1 aromatic carbocycles. The van der Waals surface area contributed by atoms with Crippen molar-refractivity contribution in [3.63, 3.8) is 0 Å². The van der Waals surface area contributed by atoms with Gasteiger partial charge >= 0.3 is 6.18 Å². The Morgan fingerprint density at radius 1 is 1.28 bits per heavy atom. The number of nitrogens with zero attached hydrogens (tertiary/aromatic N) is 2. The zero-order chi connectivity index (χ0) is 21.0. The summed E-state index contributed by atoms with van der Waals surface area (Å²) in [6.45, 7) is 0.490. The van der Waals surface area contributed by atoms with E-state index in [4.69, 9.17) is 4.74 Å². The maximum atomic E-state index is 12.9. The van der Waals surface area contributed by atoms with E-state index in [1.807, 2.05) is 0 Å². The number of ether oxygens (including phenoxy) is 1. The lowest BCUT2D eigenvalue weighted by molar-refractivity contribution is -0.137. The van der Waals surface area contributed by atoms with Crippen molar-refractivity contribution in [2.75, 3.05) is 13.7 Å². The standard InChI is InChI=1S/C21H23F3N2O3/c1-29-18-9-10-25-13-16(18)20(28)17-4-2-3-11-26(17)19(27)12-14-5-7-15(8-6-14)21(22,23)24/h5-10,13,17,20,28H,2-4,11-12H2,1H3/t17-,20?/m1/s1. The van der Waals surface area contributed by atoms with Crippen LogP contribution < -0.4 is 4.74 Å². The first-order valence-electron chi connectivity index (χ1n) is 9.43. The second-order valence-corrected chi connectivity index (χ2v) is 7.08. The van der Waals surface area contributed by atoms with Crippen LogP contribution in [0.3, 0.4) is 0 Å². The molecule has 0 spiro atoms. The summed E-state index contributed by atoms with van der Waals surface area (Å²) < 4.78 is 43.4. The maximum Gasteiger partial charge on any atom is 0.416 e. The summed E-state index contributed by atoms with van der Waals surface area (Å²) in [5.41, 5.74) is 0.263. The average Bonchev–Trinajstić information content (AvgIpc) is 2.73. The largest absolute Gasteiger partial charge is 0.496 e. The van der Waals surface area contributed by atoms with E-state index in [-0.39, 0.29) is 12.3 Å². The number of piperidine rings is 1. The molecule has 3 rings (SSSR count). The zero-order valence-corrected chi connectivity index (χ0v) is 16.0. The Balaban J connectivity index is 1.76. The van der Waals surface area contributed by atoms with Gasteiger partial charge in [-0.15, -0.1) is 0 Å². The minimum atomic E-state index is -4.41. The summed E-state index contributed by atoms with van der Waals surface area (Å²) in [6.07, 6.45) is -0.00667. The smallest absolute Gasteiger partial charge is 0.416 e. The molecule has 0 radical (unpaired) electrons. The van der Waals surface area contributed by atoms with E-state index in [1.54, 1.807) is 17.2 Å². The number of aromatic nitrogens is 1. The number of benzene rings is 1. The van der Waals surface area contributed by atoms with Gasteiger partial charge in [0.1, 0.15) is 11.9 Å². The third kappa shape index (κ3) is 4.87. The molecular weight excluding hydrogens is 385 g/mol. The van der Waals surface area contributed by atoms with Crippen LogP contribution in [0.25, 0.3) is 0 Å². The lowest BCUT2D eigenvalue weighted by Crippen LogP contribution is -2.47. The van der Waals surface area contributed by atoms with E-state index in [0.29, 0.717) is 29.8 Å². The molecule has 1 saturated heterocycles. The van der Waals surface area contributed by atoms with Gasteiger partial charge in [-0.2, -0.15) is 13.2 Å². The lowest BCUT2D eigenvalue weighted by Gasteiger charge is -2.39. The van der Waals surface area contributed by atoms with Crippen molar-refractivity contribution in [2.45, 2.75) is 44.0 Å². The first kappa shape index (κ1) is 21.1. The molecule has 0 bridgehead atoms. The fourth-order valence-electron chi connectivity index (χ4n) is 3.69. The first-order chi connectivity index (χ1) is 13.8. The Bertz CT molecular complexity index is 840. The number of amides is 1. The monoisotopic (exact) mass is 408 g/mol. The van der Waals surface area contributed by atoms with E-state index in [1.165, 1.54) is 25.4 Å². The molecule has 1 amide bonds. The van der Waals surface area contributed by atoms with Crippen LogP contribution in [-0.4, -0.2) is 40.6 Å². The van der Waals surface area contributed by atoms with Crippen LogP contribution in [0.15, 0.2) is 42.7 Å². The van der Waals surface area contributed by atoms with Gasteiger partial charge in [0, 0.05) is 24.5 Å². The number of aliphatic hydroxyl groups is 1. The highest BCUT2D eigenvalue weighted by Gasteiger charge is 2.34. The third-order valence-corrected chi connectivity index (χ3v) is 5.22. The molecule has 1 fully saturated rings. The molecule has 1 aliphatic heterocycles. The molecule has 1 aliphatic rings. The van der Waals surface area contributed by atoms with Crippen LogP contribution >= 0.6 is 0 Å². The van der Waals surface area contributed by atoms with Gasteiger partial charge in [0.15, 0.2) is 0 Å². The molecule has 1 aromatic heterocycles. The number of likely N-dealkylation sites (tertiary alicyclic amines) is 1. The first-order valence-corrected chi connectivity index (χ1v) is 9.43. The average molecular weight is 408 g/mol. The molecule has 1 unspecified atom stereocenters. The predicted octanol–water partition coefficient (Wildman–Crippen LogP) is 3.77. The number of aliphatic hydroxyl groups excluding tert-OH is 1. The Kier molecular flexibility index (Phi) is 6.42. The van der Waals surface area contributed by atoms with Crippen LogP contribution in [-0.2, 0) is 17.4 Å². The van der Waals surface area contributed by atoms with Crippen molar-refractivity contribution in [3.05, 3.63) is 59.4 Å². The predicted molar refractivity (Wildman–Crippen MR) is 100 cm³/mol. The van der Waals surface area contributed by atoms with Crippen molar-refractivity contribution < 1.29 is 27.8 Å². The Morgan fingerprint density at radius 2 is 2.00 bits per heavy atom. The number of methoxy groups -OCH3 is 1. The Labute approximate surface area is 167 Å². The number of halogens is 3. The number of pyridine rings is 1. The number of hydrogen-bond donors (Lipinski definition) is 1. The molecule has 0 saturated carbocycles. The van der Waals surface area contributed by atoms with Crippen LogP contribution in [0.2, 0.25) is 0 Å². The van der Waals surface area contributed by atoms with Gasteiger partial charge in [-0.3, -0.25) is 9.78 Å². The highest BCUT2D eigenvalue weighted by Crippen LogP contribution is 2.33. The van der Waals surface area contributed by atoms with E-state index in [9.17, 15) is 23.1 Å². The fraction of sp³-hybridized carbons (Fsp3) is 0.429. The number of carbonyl (C=O) groups is 1. The van der Waals surface area contributed by atoms with Gasteiger partial charge in [0.25, 0.3) is 0 Å². The third-order valence-electron chi connectivity index (χ3n) is 5.22. The summed E-state index contributed by atoms with van der Waals surface area (Å²) in [5.74, 6) is 0.268. The topological polar surface area (TPSA) is 62.7 Å². The highest BCUT2D eigenvalue weighted by molar-refractivity contribution is 5.79. The highest BCUT2D eigenvalue weighted by atomic mass is 19.4. The SMILES string of the molecule is COc1ccncc1C(O)[C@H]1CCCCN1C(=O)Cc1ccc(C(F)(F)F)cc1. The Morgan fingerprint density at radius 3 is 2.66 bits per heavy atom. The maximum absolute atomic E-state index is 12.9. The van der Waals surface area contributed by atoms with E-state index in [0.717, 1.165) is 25.0 Å². The second-order valence-electron chi connectivity index (χ2n) is 7.08. The number of alkyl halides is 3. The molecule has 2 atom stereocenters. The molecular formula is C21H23F3N2O3. The van der Waals surface area contributed by atoms with Crippen LogP contribution in [0.4, 0.5) is 13.2 Å². The van der Waals surface area contributed by atoms with Crippen molar-refractivity contribution in [2.24, 2.45) is 0 Å². The quantitative estimate of drug-likeness (QED) is 0.818. The van der Waals surface area contributed by atoms with Gasteiger partial charge in [-0.05, 0) is 43.0 Å². The zero-order valence-electron chi connectivity index (χ0n) is 16.0. The summed E-state index contributed by atoms with van der Waals surface area (Å²) in [7, 11) is 1.50. The van der Waals surface area contributed by atoms with Crippen molar-refractivity contribution in [1.29, 1.82) is 0 Å². The molecule has 156 valence electrons. The number of rotatable bonds is 5. The molecule has 8 heteroatoms. The van der Waals surface area contributed by atoms with Gasteiger partial charge in [-0.1, -0.05) is 12.1 Å². The van der Waals surface area contributed by atoms with E-state index < -0.39 is 23.9 Å². The van der Waals surface area contributed by atoms with Crippen LogP contribution in [0.1, 0.15) is 42.1 Å².